The molecule has 6 nitrogen and oxygen atoms in total. The lowest BCUT2D eigenvalue weighted by Crippen LogP contribution is -2.49. The summed E-state index contributed by atoms with van der Waals surface area (Å²) in [5.74, 6) is -4.53. The zero-order chi connectivity index (χ0) is 22.2. The van der Waals surface area contributed by atoms with E-state index in [1.165, 1.54) is 5.56 Å². The van der Waals surface area contributed by atoms with Crippen molar-refractivity contribution in [3.63, 3.8) is 0 Å². The van der Waals surface area contributed by atoms with E-state index < -0.39 is 29.0 Å². The SMILES string of the molecule is CN=C(NCC(=O)Nc1ccc(F)c(F)c1F)NC1CCN(Cc2ccccc2)CC1. The number of piperidine rings is 1. The summed E-state index contributed by atoms with van der Waals surface area (Å²) in [6.45, 7) is 2.60. The van der Waals surface area contributed by atoms with E-state index in [9.17, 15) is 18.0 Å². The van der Waals surface area contributed by atoms with Crippen LogP contribution in [0, 0.1) is 17.5 Å². The highest BCUT2D eigenvalue weighted by Gasteiger charge is 2.20. The minimum Gasteiger partial charge on any atom is -0.354 e. The highest BCUT2D eigenvalue weighted by atomic mass is 19.2. The number of guanidine groups is 1. The number of carbonyl (C=O) groups excluding carboxylic acids is 1. The lowest BCUT2D eigenvalue weighted by molar-refractivity contribution is -0.115. The number of hydrogen-bond acceptors (Lipinski definition) is 3. The Labute approximate surface area is 179 Å². The van der Waals surface area contributed by atoms with E-state index in [4.69, 9.17) is 0 Å². The van der Waals surface area contributed by atoms with E-state index in [1.807, 2.05) is 18.2 Å². The molecule has 1 aliphatic rings. The van der Waals surface area contributed by atoms with Crippen molar-refractivity contribution in [3.05, 3.63) is 65.5 Å². The van der Waals surface area contributed by atoms with E-state index in [-0.39, 0.29) is 12.6 Å². The number of amides is 1. The van der Waals surface area contributed by atoms with Gasteiger partial charge in [-0.2, -0.15) is 0 Å². The Bertz CT molecular complexity index is 915. The highest BCUT2D eigenvalue weighted by molar-refractivity contribution is 5.95. The summed E-state index contributed by atoms with van der Waals surface area (Å²) >= 11 is 0. The summed E-state index contributed by atoms with van der Waals surface area (Å²) in [6, 6.07) is 12.3. The van der Waals surface area contributed by atoms with Gasteiger partial charge in [0.25, 0.3) is 0 Å². The Morgan fingerprint density at radius 1 is 1.06 bits per heavy atom. The molecule has 2 aromatic carbocycles. The maximum absolute atomic E-state index is 13.7. The molecule has 0 spiro atoms. The van der Waals surface area contributed by atoms with Crippen LogP contribution in [0.2, 0.25) is 0 Å². The van der Waals surface area contributed by atoms with Crippen molar-refractivity contribution < 1.29 is 18.0 Å². The van der Waals surface area contributed by atoms with Gasteiger partial charge in [0.15, 0.2) is 23.4 Å². The van der Waals surface area contributed by atoms with Gasteiger partial charge in [0.1, 0.15) is 0 Å². The first-order valence-electron chi connectivity index (χ1n) is 10.1. The first-order chi connectivity index (χ1) is 15.0. The van der Waals surface area contributed by atoms with E-state index in [0.717, 1.165) is 44.6 Å². The molecule has 9 heteroatoms. The van der Waals surface area contributed by atoms with Crippen LogP contribution in [0.3, 0.4) is 0 Å². The second-order valence-electron chi connectivity index (χ2n) is 7.38. The molecule has 2 aromatic rings. The normalized spacial score (nSPS) is 15.5. The Morgan fingerprint density at radius 2 is 1.77 bits per heavy atom. The van der Waals surface area contributed by atoms with Crippen molar-refractivity contribution in [1.29, 1.82) is 0 Å². The number of likely N-dealkylation sites (tertiary alicyclic amines) is 1. The van der Waals surface area contributed by atoms with E-state index in [0.29, 0.717) is 5.96 Å². The van der Waals surface area contributed by atoms with Crippen LogP contribution in [-0.4, -0.2) is 49.5 Å². The summed E-state index contributed by atoms with van der Waals surface area (Å²) in [5.41, 5.74) is 0.870. The average molecular weight is 433 g/mol. The molecule has 1 aliphatic heterocycles. The third-order valence-corrected chi connectivity index (χ3v) is 5.13. The monoisotopic (exact) mass is 433 g/mol. The van der Waals surface area contributed by atoms with Gasteiger partial charge < -0.3 is 16.0 Å². The van der Waals surface area contributed by atoms with Crippen molar-refractivity contribution in [1.82, 2.24) is 15.5 Å². The molecule has 166 valence electrons. The fraction of sp³-hybridized carbons (Fsp3) is 0.364. The zero-order valence-corrected chi connectivity index (χ0v) is 17.3. The van der Waals surface area contributed by atoms with Gasteiger partial charge in [0.2, 0.25) is 5.91 Å². The summed E-state index contributed by atoms with van der Waals surface area (Å²) in [6.07, 6.45) is 1.86. The predicted molar refractivity (Wildman–Crippen MR) is 114 cm³/mol. The Hall–Kier alpha value is -3.07. The van der Waals surface area contributed by atoms with Crippen LogP contribution in [0.25, 0.3) is 0 Å². The molecule has 0 aliphatic carbocycles. The van der Waals surface area contributed by atoms with Crippen molar-refractivity contribution in [2.24, 2.45) is 4.99 Å². The molecule has 1 fully saturated rings. The maximum Gasteiger partial charge on any atom is 0.243 e. The molecule has 1 amide bonds. The molecular formula is C22H26F3N5O. The van der Waals surface area contributed by atoms with Gasteiger partial charge in [-0.1, -0.05) is 30.3 Å². The molecule has 3 N–H and O–H groups in total. The number of nitrogens with zero attached hydrogens (tertiary/aromatic N) is 2. The van der Waals surface area contributed by atoms with Crippen LogP contribution in [-0.2, 0) is 11.3 Å². The van der Waals surface area contributed by atoms with Crippen molar-refractivity contribution in [2.45, 2.75) is 25.4 Å². The van der Waals surface area contributed by atoms with Gasteiger partial charge in [-0.15, -0.1) is 0 Å². The number of carbonyl (C=O) groups is 1. The Kier molecular flexibility index (Phi) is 7.88. The molecule has 0 atom stereocenters. The number of aliphatic imine (C=N–C) groups is 1. The summed E-state index contributed by atoms with van der Waals surface area (Å²) in [5, 5.41) is 8.36. The van der Waals surface area contributed by atoms with E-state index in [2.05, 4.69) is 38.0 Å². The molecule has 3 rings (SSSR count). The summed E-state index contributed by atoms with van der Waals surface area (Å²) in [7, 11) is 1.59. The third kappa shape index (κ3) is 6.45. The molecule has 0 radical (unpaired) electrons. The molecule has 0 bridgehead atoms. The first kappa shape index (κ1) is 22.6. The molecule has 1 saturated heterocycles. The van der Waals surface area contributed by atoms with Gasteiger partial charge in [-0.3, -0.25) is 14.7 Å². The van der Waals surface area contributed by atoms with Crippen molar-refractivity contribution >= 4 is 17.6 Å². The van der Waals surface area contributed by atoms with Gasteiger partial charge >= 0.3 is 0 Å². The standard InChI is InChI=1S/C22H26F3N5O/c1-26-22(27-13-19(31)29-18-8-7-17(23)20(24)21(18)25)28-16-9-11-30(12-10-16)14-15-5-3-2-4-6-15/h2-8,16H,9-14H2,1H3,(H,29,31)(H2,26,27,28). The minimum atomic E-state index is -1.62. The fourth-order valence-corrected chi connectivity index (χ4v) is 3.45. The highest BCUT2D eigenvalue weighted by Crippen LogP contribution is 2.19. The molecule has 0 unspecified atom stereocenters. The largest absolute Gasteiger partial charge is 0.354 e. The van der Waals surface area contributed by atoms with Crippen molar-refractivity contribution in [2.75, 3.05) is 32.0 Å². The lowest BCUT2D eigenvalue weighted by Gasteiger charge is -2.33. The lowest BCUT2D eigenvalue weighted by atomic mass is 10.0. The molecule has 0 saturated carbocycles. The number of benzene rings is 2. The molecule has 0 aromatic heterocycles. The van der Waals surface area contributed by atoms with E-state index >= 15 is 0 Å². The second kappa shape index (κ2) is 10.8. The Balaban J connectivity index is 1.42. The fourth-order valence-electron chi connectivity index (χ4n) is 3.45. The zero-order valence-electron chi connectivity index (χ0n) is 17.3. The second-order valence-corrected chi connectivity index (χ2v) is 7.38. The number of nitrogens with one attached hydrogen (secondary N) is 3. The van der Waals surface area contributed by atoms with Gasteiger partial charge in [0.05, 0.1) is 12.2 Å². The third-order valence-electron chi connectivity index (χ3n) is 5.13. The first-order valence-corrected chi connectivity index (χ1v) is 10.1. The van der Waals surface area contributed by atoms with Gasteiger partial charge in [-0.05, 0) is 30.5 Å². The van der Waals surface area contributed by atoms with Crippen LogP contribution < -0.4 is 16.0 Å². The number of halogens is 3. The predicted octanol–water partition coefficient (Wildman–Crippen LogP) is 2.87. The van der Waals surface area contributed by atoms with Crippen molar-refractivity contribution in [3.8, 4) is 0 Å². The van der Waals surface area contributed by atoms with Gasteiger partial charge in [0, 0.05) is 32.7 Å². The average Bonchev–Trinajstić information content (AvgIpc) is 2.79. The molecule has 1 heterocycles. The van der Waals surface area contributed by atoms with Crippen LogP contribution in [0.4, 0.5) is 18.9 Å². The number of anilines is 1. The smallest absolute Gasteiger partial charge is 0.243 e. The molecular weight excluding hydrogens is 407 g/mol. The Morgan fingerprint density at radius 3 is 2.45 bits per heavy atom. The van der Waals surface area contributed by atoms with Crippen LogP contribution in [0.5, 0.6) is 0 Å². The topological polar surface area (TPSA) is 68.8 Å². The van der Waals surface area contributed by atoms with E-state index in [1.54, 1.807) is 7.05 Å². The minimum absolute atomic E-state index is 0.203. The molecule has 31 heavy (non-hydrogen) atoms. The summed E-state index contributed by atoms with van der Waals surface area (Å²) in [4.78, 5) is 18.5. The van der Waals surface area contributed by atoms with Crippen LogP contribution >= 0.6 is 0 Å². The maximum atomic E-state index is 13.7. The number of rotatable bonds is 6. The van der Waals surface area contributed by atoms with Crippen LogP contribution in [0.15, 0.2) is 47.5 Å². The van der Waals surface area contributed by atoms with Gasteiger partial charge in [-0.25, -0.2) is 13.2 Å². The quantitative estimate of drug-likeness (QED) is 0.372. The van der Waals surface area contributed by atoms with Crippen LogP contribution in [0.1, 0.15) is 18.4 Å². The number of hydrogen-bond donors (Lipinski definition) is 3. The summed E-state index contributed by atoms with van der Waals surface area (Å²) < 4.78 is 39.9.